The maximum absolute atomic E-state index is 13.6. The van der Waals surface area contributed by atoms with Crippen molar-refractivity contribution in [2.75, 3.05) is 23.3 Å². The van der Waals surface area contributed by atoms with Crippen LogP contribution in [0.15, 0.2) is 78.2 Å². The van der Waals surface area contributed by atoms with Crippen LogP contribution in [0.5, 0.6) is 5.75 Å². The Bertz CT molecular complexity index is 1310. The Morgan fingerprint density at radius 2 is 1.85 bits per heavy atom. The molecule has 0 saturated heterocycles. The monoisotopic (exact) mass is 484 g/mol. The lowest BCUT2D eigenvalue weighted by molar-refractivity contribution is 0.102. The summed E-state index contributed by atoms with van der Waals surface area (Å²) in [4.78, 5) is 12.9. The van der Waals surface area contributed by atoms with Gasteiger partial charge in [0.05, 0.1) is 34.8 Å². The van der Waals surface area contributed by atoms with Gasteiger partial charge >= 0.3 is 0 Å². The molecule has 3 aromatic carbocycles. The Morgan fingerprint density at radius 1 is 1.12 bits per heavy atom. The Labute approximate surface area is 199 Å². The first-order valence-corrected chi connectivity index (χ1v) is 12.0. The Hall–Kier alpha value is -3.29. The van der Waals surface area contributed by atoms with Crippen LogP contribution in [0.25, 0.3) is 0 Å². The van der Waals surface area contributed by atoms with Crippen molar-refractivity contribution in [2.45, 2.75) is 18.7 Å². The summed E-state index contributed by atoms with van der Waals surface area (Å²) in [7, 11) is -2.60. The second-order valence-corrected chi connectivity index (χ2v) is 9.61. The molecule has 0 bridgehead atoms. The largest absolute Gasteiger partial charge is 0.495 e. The van der Waals surface area contributed by atoms with E-state index in [4.69, 9.17) is 16.3 Å². The Balaban J connectivity index is 2.03. The van der Waals surface area contributed by atoms with Gasteiger partial charge in [-0.1, -0.05) is 41.9 Å². The van der Waals surface area contributed by atoms with Crippen LogP contribution in [0.4, 0.5) is 11.4 Å². The van der Waals surface area contributed by atoms with Gasteiger partial charge in [-0.25, -0.2) is 8.42 Å². The number of nitrogens with one attached hydrogen (secondary N) is 1. The van der Waals surface area contributed by atoms with E-state index in [-0.39, 0.29) is 22.0 Å². The summed E-state index contributed by atoms with van der Waals surface area (Å²) >= 11 is 6.28. The maximum atomic E-state index is 13.6. The van der Waals surface area contributed by atoms with Crippen LogP contribution in [0, 0.1) is 13.8 Å². The fourth-order valence-electron chi connectivity index (χ4n) is 3.32. The molecular weight excluding hydrogens is 460 g/mol. The van der Waals surface area contributed by atoms with E-state index in [0.29, 0.717) is 17.1 Å². The summed E-state index contributed by atoms with van der Waals surface area (Å²) in [6.45, 7) is 7.53. The van der Waals surface area contributed by atoms with Crippen molar-refractivity contribution in [3.8, 4) is 5.75 Å². The summed E-state index contributed by atoms with van der Waals surface area (Å²) in [6.07, 6.45) is 1.48. The molecule has 0 aromatic heterocycles. The summed E-state index contributed by atoms with van der Waals surface area (Å²) in [5, 5.41) is 2.97. The van der Waals surface area contributed by atoms with E-state index in [2.05, 4.69) is 11.9 Å². The van der Waals surface area contributed by atoms with Gasteiger partial charge in [0.1, 0.15) is 5.75 Å². The zero-order chi connectivity index (χ0) is 24.2. The van der Waals surface area contributed by atoms with Crippen molar-refractivity contribution in [3.05, 3.63) is 95.0 Å². The van der Waals surface area contributed by atoms with Crippen molar-refractivity contribution in [3.63, 3.8) is 0 Å². The molecule has 8 heteroatoms. The zero-order valence-corrected chi connectivity index (χ0v) is 20.2. The lowest BCUT2D eigenvalue weighted by atomic mass is 10.1. The number of rotatable bonds is 8. The highest BCUT2D eigenvalue weighted by molar-refractivity contribution is 7.92. The van der Waals surface area contributed by atoms with Crippen LogP contribution >= 0.6 is 11.6 Å². The van der Waals surface area contributed by atoms with E-state index in [1.807, 2.05) is 26.0 Å². The minimum absolute atomic E-state index is 0.00928. The quantitative estimate of drug-likeness (QED) is 0.422. The van der Waals surface area contributed by atoms with Crippen LogP contribution in [0.2, 0.25) is 5.02 Å². The molecule has 0 atom stereocenters. The predicted octanol–water partition coefficient (Wildman–Crippen LogP) is 5.60. The minimum Gasteiger partial charge on any atom is -0.495 e. The first kappa shape index (κ1) is 24.4. The molecule has 1 N–H and O–H groups in total. The molecule has 0 aliphatic rings. The van der Waals surface area contributed by atoms with Crippen LogP contribution < -0.4 is 14.4 Å². The van der Waals surface area contributed by atoms with Gasteiger partial charge in [-0.2, -0.15) is 0 Å². The van der Waals surface area contributed by atoms with Gasteiger partial charge in [0, 0.05) is 5.69 Å². The number of methoxy groups -OCH3 is 1. The molecule has 172 valence electrons. The predicted molar refractivity (Wildman–Crippen MR) is 133 cm³/mol. The molecule has 0 heterocycles. The normalized spacial score (nSPS) is 11.0. The lowest BCUT2D eigenvalue weighted by Gasteiger charge is -2.25. The highest BCUT2D eigenvalue weighted by Crippen LogP contribution is 2.33. The molecule has 0 saturated carbocycles. The van der Waals surface area contributed by atoms with E-state index in [0.717, 1.165) is 11.1 Å². The van der Waals surface area contributed by atoms with E-state index in [1.54, 1.807) is 30.3 Å². The number of para-hydroxylation sites is 2. The van der Waals surface area contributed by atoms with Gasteiger partial charge in [0.15, 0.2) is 0 Å². The molecule has 0 radical (unpaired) electrons. The summed E-state index contributed by atoms with van der Waals surface area (Å²) in [6, 6.07) is 16.4. The molecule has 6 nitrogen and oxygen atoms in total. The number of carbonyl (C=O) groups excluding carboxylic acids is 1. The van der Waals surface area contributed by atoms with Gasteiger partial charge in [-0.3, -0.25) is 9.10 Å². The third-order valence-electron chi connectivity index (χ3n) is 5.27. The van der Waals surface area contributed by atoms with Crippen molar-refractivity contribution in [1.82, 2.24) is 0 Å². The molecule has 0 aliphatic carbocycles. The molecule has 3 rings (SSSR count). The number of sulfonamides is 1. The third-order valence-corrected chi connectivity index (χ3v) is 7.38. The van der Waals surface area contributed by atoms with Crippen molar-refractivity contribution < 1.29 is 17.9 Å². The second kappa shape index (κ2) is 10.1. The standard InChI is InChI=1S/C25H25ClN2O4S/c1-5-15-28(23-11-6-7-12-24(23)32-4)33(30,31)19-13-14-21(26)20(16-19)25(29)27-22-10-8-9-17(2)18(22)3/h5-14,16H,1,15H2,2-4H3,(H,27,29). The number of aryl methyl sites for hydroxylation is 1. The summed E-state index contributed by atoms with van der Waals surface area (Å²) in [5.41, 5.74) is 2.98. The summed E-state index contributed by atoms with van der Waals surface area (Å²) in [5.74, 6) is -0.108. The van der Waals surface area contributed by atoms with Crippen molar-refractivity contribution >= 4 is 38.9 Å². The Morgan fingerprint density at radius 3 is 2.55 bits per heavy atom. The maximum Gasteiger partial charge on any atom is 0.264 e. The average Bonchev–Trinajstić information content (AvgIpc) is 2.80. The first-order chi connectivity index (χ1) is 15.7. The highest BCUT2D eigenvalue weighted by Gasteiger charge is 2.28. The van der Waals surface area contributed by atoms with Gasteiger partial charge in [0.2, 0.25) is 0 Å². The molecule has 0 fully saturated rings. The van der Waals surface area contributed by atoms with Gasteiger partial charge < -0.3 is 10.1 Å². The number of halogens is 1. The fourth-order valence-corrected chi connectivity index (χ4v) is 5.00. The third kappa shape index (κ3) is 5.05. The van der Waals surface area contributed by atoms with Crippen LogP contribution in [-0.2, 0) is 10.0 Å². The molecular formula is C25H25ClN2O4S. The molecule has 0 unspecified atom stereocenters. The van der Waals surface area contributed by atoms with Crippen molar-refractivity contribution in [1.29, 1.82) is 0 Å². The number of hydrogen-bond acceptors (Lipinski definition) is 4. The number of hydrogen-bond donors (Lipinski definition) is 1. The number of anilines is 2. The average molecular weight is 485 g/mol. The SMILES string of the molecule is C=CCN(c1ccccc1OC)S(=O)(=O)c1ccc(Cl)c(C(=O)Nc2cccc(C)c2C)c1. The smallest absolute Gasteiger partial charge is 0.264 e. The van der Waals surface area contributed by atoms with E-state index < -0.39 is 15.9 Å². The fraction of sp³-hybridized carbons (Fsp3) is 0.160. The Kier molecular flexibility index (Phi) is 7.46. The number of nitrogens with zero attached hydrogens (tertiary/aromatic N) is 1. The van der Waals surface area contributed by atoms with Gasteiger partial charge in [0.25, 0.3) is 15.9 Å². The van der Waals surface area contributed by atoms with Crippen LogP contribution in [-0.4, -0.2) is 28.0 Å². The molecule has 3 aromatic rings. The minimum atomic E-state index is -4.07. The molecule has 33 heavy (non-hydrogen) atoms. The molecule has 1 amide bonds. The van der Waals surface area contributed by atoms with Crippen LogP contribution in [0.3, 0.4) is 0 Å². The zero-order valence-electron chi connectivity index (χ0n) is 18.6. The topological polar surface area (TPSA) is 75.7 Å². The van der Waals surface area contributed by atoms with Gasteiger partial charge in [-0.15, -0.1) is 6.58 Å². The van der Waals surface area contributed by atoms with E-state index in [1.165, 1.54) is 35.7 Å². The van der Waals surface area contributed by atoms with Crippen molar-refractivity contribution in [2.24, 2.45) is 0 Å². The highest BCUT2D eigenvalue weighted by atomic mass is 35.5. The van der Waals surface area contributed by atoms with Gasteiger partial charge in [-0.05, 0) is 61.4 Å². The summed E-state index contributed by atoms with van der Waals surface area (Å²) < 4.78 is 33.7. The van der Waals surface area contributed by atoms with E-state index in [9.17, 15) is 13.2 Å². The first-order valence-electron chi connectivity index (χ1n) is 10.1. The number of carbonyl (C=O) groups is 1. The number of amides is 1. The van der Waals surface area contributed by atoms with Crippen LogP contribution in [0.1, 0.15) is 21.5 Å². The second-order valence-electron chi connectivity index (χ2n) is 7.34. The van der Waals surface area contributed by atoms with E-state index >= 15 is 0 Å². The number of ether oxygens (including phenoxy) is 1. The number of benzene rings is 3. The lowest BCUT2D eigenvalue weighted by Crippen LogP contribution is -2.31. The molecule has 0 aliphatic heterocycles. The molecule has 0 spiro atoms.